The SMILES string of the molecule is COc1ccc2c(c1)c(/C=C1\Oc3c(ccc(O)c3CN3CCCCC3C)C1=O)cn2C. The van der Waals surface area contributed by atoms with E-state index in [1.54, 1.807) is 25.3 Å². The van der Waals surface area contributed by atoms with Crippen LogP contribution in [0, 0.1) is 0 Å². The van der Waals surface area contributed by atoms with E-state index in [1.807, 2.05) is 36.0 Å². The molecule has 0 radical (unpaired) electrons. The molecule has 3 heterocycles. The lowest BCUT2D eigenvalue weighted by atomic mass is 10.0. The van der Waals surface area contributed by atoms with Crippen molar-refractivity contribution in [1.82, 2.24) is 9.47 Å². The van der Waals surface area contributed by atoms with Crippen LogP contribution in [-0.2, 0) is 13.6 Å². The maximum Gasteiger partial charge on any atom is 0.231 e. The van der Waals surface area contributed by atoms with Crippen molar-refractivity contribution >= 4 is 22.8 Å². The molecule has 0 saturated carbocycles. The second kappa shape index (κ2) is 8.02. The first kappa shape index (κ1) is 20.6. The molecule has 2 aliphatic rings. The molecule has 1 N–H and O–H groups in total. The number of nitrogens with zero attached hydrogens (tertiary/aromatic N) is 2. The molecular formula is C26H28N2O4. The summed E-state index contributed by atoms with van der Waals surface area (Å²) in [5.41, 5.74) is 3.12. The van der Waals surface area contributed by atoms with Crippen LogP contribution in [0.25, 0.3) is 17.0 Å². The Bertz CT molecular complexity index is 1240. The van der Waals surface area contributed by atoms with E-state index in [9.17, 15) is 9.90 Å². The molecule has 1 unspecified atom stereocenters. The number of phenolic OH excluding ortho intramolecular Hbond substituents is 1. The molecule has 3 aromatic rings. The van der Waals surface area contributed by atoms with Crippen molar-refractivity contribution in [3.05, 3.63) is 59.0 Å². The number of likely N-dealkylation sites (tertiary alicyclic amines) is 1. The largest absolute Gasteiger partial charge is 0.507 e. The Kier molecular flexibility index (Phi) is 5.18. The zero-order valence-electron chi connectivity index (χ0n) is 18.7. The van der Waals surface area contributed by atoms with Crippen molar-refractivity contribution in [2.75, 3.05) is 13.7 Å². The Morgan fingerprint density at radius 3 is 2.88 bits per heavy atom. The molecule has 166 valence electrons. The van der Waals surface area contributed by atoms with Crippen LogP contribution in [0.4, 0.5) is 0 Å². The number of rotatable bonds is 4. The second-order valence-corrected chi connectivity index (χ2v) is 8.77. The number of piperidine rings is 1. The average molecular weight is 433 g/mol. The fraction of sp³-hybridized carbons (Fsp3) is 0.346. The van der Waals surface area contributed by atoms with Crippen molar-refractivity contribution in [3.63, 3.8) is 0 Å². The molecule has 1 saturated heterocycles. The van der Waals surface area contributed by atoms with E-state index in [1.165, 1.54) is 6.42 Å². The molecule has 1 aromatic heterocycles. The summed E-state index contributed by atoms with van der Waals surface area (Å²) in [7, 11) is 3.61. The lowest BCUT2D eigenvalue weighted by Gasteiger charge is -2.33. The van der Waals surface area contributed by atoms with Gasteiger partial charge < -0.3 is 19.1 Å². The van der Waals surface area contributed by atoms with Gasteiger partial charge in [0.25, 0.3) is 0 Å². The van der Waals surface area contributed by atoms with Crippen LogP contribution in [-0.4, -0.2) is 40.1 Å². The Labute approximate surface area is 187 Å². The monoisotopic (exact) mass is 432 g/mol. The molecule has 2 aliphatic heterocycles. The highest BCUT2D eigenvalue weighted by molar-refractivity contribution is 6.15. The summed E-state index contributed by atoms with van der Waals surface area (Å²) < 4.78 is 13.5. The first-order valence-corrected chi connectivity index (χ1v) is 11.1. The summed E-state index contributed by atoms with van der Waals surface area (Å²) in [4.78, 5) is 15.5. The number of fused-ring (bicyclic) bond motifs is 2. The molecule has 1 fully saturated rings. The minimum Gasteiger partial charge on any atom is -0.507 e. The molecule has 0 spiro atoms. The number of carbonyl (C=O) groups is 1. The smallest absolute Gasteiger partial charge is 0.231 e. The lowest BCUT2D eigenvalue weighted by molar-refractivity contribution is 0.101. The average Bonchev–Trinajstić information content (AvgIpc) is 3.28. The predicted molar refractivity (Wildman–Crippen MR) is 124 cm³/mol. The molecule has 32 heavy (non-hydrogen) atoms. The Morgan fingerprint density at radius 2 is 2.09 bits per heavy atom. The van der Waals surface area contributed by atoms with Gasteiger partial charge in [0, 0.05) is 42.3 Å². The minimum atomic E-state index is -0.159. The summed E-state index contributed by atoms with van der Waals surface area (Å²) in [6, 6.07) is 9.58. The summed E-state index contributed by atoms with van der Waals surface area (Å²) in [6.45, 7) is 3.77. The minimum absolute atomic E-state index is 0.159. The third kappa shape index (κ3) is 3.45. The van der Waals surface area contributed by atoms with Gasteiger partial charge in [0.1, 0.15) is 17.2 Å². The third-order valence-corrected chi connectivity index (χ3v) is 6.73. The normalized spacial score (nSPS) is 20.0. The molecule has 0 amide bonds. The van der Waals surface area contributed by atoms with Gasteiger partial charge in [0.05, 0.1) is 18.2 Å². The second-order valence-electron chi connectivity index (χ2n) is 8.77. The zero-order chi connectivity index (χ0) is 22.4. The van der Waals surface area contributed by atoms with Crippen LogP contribution in [0.5, 0.6) is 17.2 Å². The number of carbonyl (C=O) groups excluding carboxylic acids is 1. The molecule has 0 bridgehead atoms. The number of benzene rings is 2. The number of ether oxygens (including phenoxy) is 2. The highest BCUT2D eigenvalue weighted by atomic mass is 16.5. The number of aromatic hydroxyl groups is 1. The molecule has 6 heteroatoms. The van der Waals surface area contributed by atoms with Crippen LogP contribution >= 0.6 is 0 Å². The van der Waals surface area contributed by atoms with Crippen LogP contribution in [0.2, 0.25) is 0 Å². The van der Waals surface area contributed by atoms with E-state index in [0.717, 1.165) is 41.6 Å². The molecule has 1 atom stereocenters. The van der Waals surface area contributed by atoms with E-state index in [0.29, 0.717) is 29.5 Å². The van der Waals surface area contributed by atoms with Gasteiger partial charge in [-0.3, -0.25) is 9.69 Å². The predicted octanol–water partition coefficient (Wildman–Crippen LogP) is 4.88. The molecule has 5 rings (SSSR count). The fourth-order valence-electron chi connectivity index (χ4n) is 4.83. The zero-order valence-corrected chi connectivity index (χ0v) is 18.7. The summed E-state index contributed by atoms with van der Waals surface area (Å²) in [5.74, 6) is 1.53. The Hall–Kier alpha value is -3.25. The van der Waals surface area contributed by atoms with Gasteiger partial charge in [0.15, 0.2) is 5.76 Å². The molecule has 0 aliphatic carbocycles. The summed E-state index contributed by atoms with van der Waals surface area (Å²) in [6.07, 6.45) is 7.29. The van der Waals surface area contributed by atoms with E-state index in [4.69, 9.17) is 9.47 Å². The van der Waals surface area contributed by atoms with E-state index < -0.39 is 0 Å². The first-order valence-electron chi connectivity index (χ1n) is 11.1. The molecular weight excluding hydrogens is 404 g/mol. The standard InChI is InChI=1S/C26H28N2O4/c1-16-6-4-5-11-28(16)15-21-23(29)10-8-19-25(30)24(32-26(19)21)12-17-14-27(2)22-9-7-18(31-3)13-20(17)22/h7-10,12-14,16,29H,4-6,11,15H2,1-3H3/b24-12-. The number of aryl methyl sites for hydroxylation is 1. The van der Waals surface area contributed by atoms with Crippen molar-refractivity contribution in [3.8, 4) is 17.2 Å². The number of hydrogen-bond donors (Lipinski definition) is 1. The number of ketones is 1. The number of aromatic nitrogens is 1. The quantitative estimate of drug-likeness (QED) is 0.595. The van der Waals surface area contributed by atoms with Crippen LogP contribution in [0.15, 0.2) is 42.3 Å². The van der Waals surface area contributed by atoms with Crippen LogP contribution in [0.3, 0.4) is 0 Å². The summed E-state index contributed by atoms with van der Waals surface area (Å²) in [5, 5.41) is 11.6. The van der Waals surface area contributed by atoms with Crippen LogP contribution < -0.4 is 9.47 Å². The number of hydrogen-bond acceptors (Lipinski definition) is 5. The maximum atomic E-state index is 13.2. The van der Waals surface area contributed by atoms with Gasteiger partial charge in [-0.25, -0.2) is 0 Å². The topological polar surface area (TPSA) is 63.9 Å². The van der Waals surface area contributed by atoms with E-state index >= 15 is 0 Å². The van der Waals surface area contributed by atoms with E-state index in [2.05, 4.69) is 11.8 Å². The third-order valence-electron chi connectivity index (χ3n) is 6.73. The van der Waals surface area contributed by atoms with Crippen molar-refractivity contribution in [2.24, 2.45) is 7.05 Å². The maximum absolute atomic E-state index is 13.2. The van der Waals surface area contributed by atoms with Gasteiger partial charge in [-0.05, 0) is 62.7 Å². The van der Waals surface area contributed by atoms with Gasteiger partial charge in [-0.2, -0.15) is 0 Å². The highest BCUT2D eigenvalue weighted by Crippen LogP contribution is 2.41. The Balaban J connectivity index is 1.52. The van der Waals surface area contributed by atoms with Gasteiger partial charge in [-0.15, -0.1) is 0 Å². The van der Waals surface area contributed by atoms with Gasteiger partial charge >= 0.3 is 0 Å². The number of methoxy groups -OCH3 is 1. The van der Waals surface area contributed by atoms with E-state index in [-0.39, 0.29) is 17.3 Å². The summed E-state index contributed by atoms with van der Waals surface area (Å²) >= 11 is 0. The molecule has 6 nitrogen and oxygen atoms in total. The number of phenols is 1. The van der Waals surface area contributed by atoms with Crippen molar-refractivity contribution < 1.29 is 19.4 Å². The first-order chi connectivity index (χ1) is 15.5. The van der Waals surface area contributed by atoms with Gasteiger partial charge in [-0.1, -0.05) is 6.42 Å². The number of Topliss-reactive ketones (excluding diaryl/α,β-unsaturated/α-hetero) is 1. The highest BCUT2D eigenvalue weighted by Gasteiger charge is 2.32. The lowest BCUT2D eigenvalue weighted by Crippen LogP contribution is -2.36. The van der Waals surface area contributed by atoms with Crippen molar-refractivity contribution in [2.45, 2.75) is 38.8 Å². The van der Waals surface area contributed by atoms with Crippen molar-refractivity contribution in [1.29, 1.82) is 0 Å². The Morgan fingerprint density at radius 1 is 1.25 bits per heavy atom. The molecule has 2 aromatic carbocycles. The van der Waals surface area contributed by atoms with Crippen LogP contribution in [0.1, 0.15) is 47.7 Å². The van der Waals surface area contributed by atoms with Gasteiger partial charge in [0.2, 0.25) is 5.78 Å². The fourth-order valence-corrected chi connectivity index (χ4v) is 4.83. The number of allylic oxidation sites excluding steroid dienone is 1.